The van der Waals surface area contributed by atoms with Gasteiger partial charge in [0.05, 0.1) is 11.0 Å². The second kappa shape index (κ2) is 10.7. The van der Waals surface area contributed by atoms with E-state index in [0.717, 1.165) is 34.0 Å². The molecule has 2 heterocycles. The lowest BCUT2D eigenvalue weighted by molar-refractivity contribution is 0.663. The van der Waals surface area contributed by atoms with Crippen LogP contribution < -0.4 is 5.32 Å². The molecule has 0 amide bonds. The SMILES string of the molecule is CC1(C)c2cccc3c4ccccc4c4cccc5c4c4c(c1ccc4n5-c1cccc(C4=NC(c5ccccc5)=NC(c5ccccc5)N4)c1)c23. The molecule has 8 aromatic carbocycles. The Hall–Kier alpha value is -6.52. The average Bonchev–Trinajstić information content (AvgIpc) is 3.66. The number of aromatic nitrogens is 1. The zero-order valence-corrected chi connectivity index (χ0v) is 28.9. The monoisotopic (exact) mass is 666 g/mol. The van der Waals surface area contributed by atoms with Gasteiger partial charge in [0, 0.05) is 33.0 Å². The van der Waals surface area contributed by atoms with Crippen molar-refractivity contribution in [1.82, 2.24) is 9.88 Å². The van der Waals surface area contributed by atoms with Crippen LogP contribution in [-0.4, -0.2) is 16.2 Å². The van der Waals surface area contributed by atoms with Crippen molar-refractivity contribution in [1.29, 1.82) is 0 Å². The van der Waals surface area contributed by atoms with Gasteiger partial charge in [0.25, 0.3) is 0 Å². The number of hydrogen-bond acceptors (Lipinski definition) is 3. The third-order valence-electron chi connectivity index (χ3n) is 11.4. The molecule has 2 aliphatic rings. The molecule has 1 aromatic heterocycles. The first-order valence-corrected chi connectivity index (χ1v) is 18.0. The van der Waals surface area contributed by atoms with Crippen molar-refractivity contribution in [2.75, 3.05) is 0 Å². The molecule has 0 saturated heterocycles. The van der Waals surface area contributed by atoms with E-state index in [1.165, 1.54) is 65.3 Å². The van der Waals surface area contributed by atoms with E-state index in [1.54, 1.807) is 0 Å². The first kappa shape index (κ1) is 29.2. The zero-order chi connectivity index (χ0) is 34.6. The molecule has 0 bridgehead atoms. The number of rotatable bonds is 4. The van der Waals surface area contributed by atoms with Crippen molar-refractivity contribution in [3.63, 3.8) is 0 Å². The van der Waals surface area contributed by atoms with Crippen LogP contribution in [0.2, 0.25) is 0 Å². The van der Waals surface area contributed by atoms with Crippen molar-refractivity contribution in [2.45, 2.75) is 25.4 Å². The summed E-state index contributed by atoms with van der Waals surface area (Å²) in [5.74, 6) is 1.53. The first-order valence-electron chi connectivity index (χ1n) is 18.0. The van der Waals surface area contributed by atoms with Crippen LogP contribution in [-0.2, 0) is 5.41 Å². The van der Waals surface area contributed by atoms with Crippen LogP contribution in [0.25, 0.3) is 59.8 Å². The lowest BCUT2D eigenvalue weighted by Crippen LogP contribution is -2.33. The molecule has 1 unspecified atom stereocenters. The largest absolute Gasteiger partial charge is 0.344 e. The Morgan fingerprint density at radius 2 is 1.13 bits per heavy atom. The summed E-state index contributed by atoms with van der Waals surface area (Å²) in [5, 5.41) is 14.2. The van der Waals surface area contributed by atoms with Crippen LogP contribution in [0.4, 0.5) is 0 Å². The normalized spacial score (nSPS) is 16.2. The standard InChI is InChI=1S/C48H34N4/c1-48(2)37-24-12-22-35-33-20-9-10-21-34(33)36-23-13-25-39-42(36)44-40(27-26-38(48)43(44)41(35)37)52(39)32-19-11-18-31(28-32)47-50-45(29-14-5-3-6-15-29)49-46(51-47)30-16-7-4-8-17-30/h3-28,45H,1-2H3,(H,49,50,51). The lowest BCUT2D eigenvalue weighted by Gasteiger charge is -2.24. The minimum atomic E-state index is -0.259. The molecule has 0 radical (unpaired) electrons. The summed E-state index contributed by atoms with van der Waals surface area (Å²) in [7, 11) is 0. The van der Waals surface area contributed by atoms with Gasteiger partial charge in [-0.25, -0.2) is 9.98 Å². The van der Waals surface area contributed by atoms with Gasteiger partial charge in [0.1, 0.15) is 12.0 Å². The summed E-state index contributed by atoms with van der Waals surface area (Å²) >= 11 is 0. The Labute approximate surface area is 301 Å². The highest BCUT2D eigenvalue weighted by atomic mass is 15.2. The van der Waals surface area contributed by atoms with Crippen molar-refractivity contribution in [2.24, 2.45) is 9.98 Å². The maximum absolute atomic E-state index is 5.14. The number of fused-ring (bicyclic) bond motifs is 3. The number of amidine groups is 2. The fraction of sp³-hybridized carbons (Fsp3) is 0.0833. The van der Waals surface area contributed by atoms with Crippen molar-refractivity contribution >= 4 is 65.8 Å². The molecular weight excluding hydrogens is 633 g/mol. The molecule has 1 aliphatic carbocycles. The summed E-state index contributed by atoms with van der Waals surface area (Å²) < 4.78 is 2.46. The minimum absolute atomic E-state index is 0.116. The molecule has 4 heteroatoms. The predicted octanol–water partition coefficient (Wildman–Crippen LogP) is 11.4. The molecule has 52 heavy (non-hydrogen) atoms. The van der Waals surface area contributed by atoms with Gasteiger partial charge in [-0.05, 0) is 73.3 Å². The summed E-state index contributed by atoms with van der Waals surface area (Å²) in [5.41, 5.74) is 9.28. The van der Waals surface area contributed by atoms with E-state index in [-0.39, 0.29) is 11.6 Å². The Balaban J connectivity index is 1.19. The summed E-state index contributed by atoms with van der Waals surface area (Å²) in [6.45, 7) is 4.77. The number of nitrogens with zero attached hydrogens (tertiary/aromatic N) is 3. The van der Waals surface area contributed by atoms with Crippen molar-refractivity contribution in [3.05, 3.63) is 186 Å². The van der Waals surface area contributed by atoms with Gasteiger partial charge in [-0.2, -0.15) is 0 Å². The topological polar surface area (TPSA) is 41.7 Å². The Morgan fingerprint density at radius 3 is 1.92 bits per heavy atom. The molecule has 246 valence electrons. The highest BCUT2D eigenvalue weighted by Gasteiger charge is 2.35. The third-order valence-corrected chi connectivity index (χ3v) is 11.4. The molecular formula is C48H34N4. The number of benzene rings is 7. The van der Waals surface area contributed by atoms with Gasteiger partial charge in [-0.15, -0.1) is 0 Å². The predicted molar refractivity (Wildman–Crippen MR) is 217 cm³/mol. The average molecular weight is 667 g/mol. The fourth-order valence-corrected chi connectivity index (χ4v) is 9.01. The molecule has 11 rings (SSSR count). The summed E-state index contributed by atoms with van der Waals surface area (Å²) in [6, 6.07) is 56.9. The molecule has 9 aromatic rings. The van der Waals surface area contributed by atoms with Crippen LogP contribution in [0, 0.1) is 0 Å². The van der Waals surface area contributed by atoms with E-state index in [0.29, 0.717) is 0 Å². The third kappa shape index (κ3) is 4.03. The van der Waals surface area contributed by atoms with Crippen LogP contribution in [0.1, 0.15) is 47.8 Å². The summed E-state index contributed by atoms with van der Waals surface area (Å²) in [6.07, 6.45) is -0.259. The molecule has 1 atom stereocenters. The van der Waals surface area contributed by atoms with Crippen LogP contribution in [0.15, 0.2) is 168 Å². The molecule has 0 fully saturated rings. The Bertz CT molecular complexity index is 3000. The first-order chi connectivity index (χ1) is 25.6. The zero-order valence-electron chi connectivity index (χ0n) is 28.9. The summed E-state index contributed by atoms with van der Waals surface area (Å²) in [4.78, 5) is 10.2. The van der Waals surface area contributed by atoms with Gasteiger partial charge < -0.3 is 9.88 Å². The lowest BCUT2D eigenvalue weighted by atomic mass is 9.81. The maximum atomic E-state index is 5.14. The number of hydrogen-bond donors (Lipinski definition) is 1. The van der Waals surface area contributed by atoms with E-state index in [1.807, 2.05) is 24.3 Å². The van der Waals surface area contributed by atoms with E-state index >= 15 is 0 Å². The highest BCUT2D eigenvalue weighted by molar-refractivity contribution is 6.35. The minimum Gasteiger partial charge on any atom is -0.344 e. The molecule has 4 nitrogen and oxygen atoms in total. The molecule has 1 N–H and O–H groups in total. The quantitative estimate of drug-likeness (QED) is 0.200. The smallest absolute Gasteiger partial charge is 0.159 e. The van der Waals surface area contributed by atoms with E-state index < -0.39 is 0 Å². The van der Waals surface area contributed by atoms with E-state index in [4.69, 9.17) is 9.98 Å². The van der Waals surface area contributed by atoms with Crippen LogP contribution in [0.5, 0.6) is 0 Å². The number of nitrogens with one attached hydrogen (secondary N) is 1. The maximum Gasteiger partial charge on any atom is 0.159 e. The van der Waals surface area contributed by atoms with Gasteiger partial charge in [-0.1, -0.05) is 147 Å². The van der Waals surface area contributed by atoms with Gasteiger partial charge in [0.15, 0.2) is 5.84 Å². The fourth-order valence-electron chi connectivity index (χ4n) is 9.01. The van der Waals surface area contributed by atoms with E-state index in [9.17, 15) is 0 Å². The van der Waals surface area contributed by atoms with Gasteiger partial charge in [0.2, 0.25) is 0 Å². The van der Waals surface area contributed by atoms with E-state index in [2.05, 4.69) is 157 Å². The van der Waals surface area contributed by atoms with Crippen LogP contribution in [0.3, 0.4) is 0 Å². The second-order valence-electron chi connectivity index (χ2n) is 14.6. The van der Waals surface area contributed by atoms with Crippen molar-refractivity contribution in [3.8, 4) is 5.69 Å². The van der Waals surface area contributed by atoms with Crippen LogP contribution >= 0.6 is 0 Å². The Morgan fingerprint density at radius 1 is 0.519 bits per heavy atom. The van der Waals surface area contributed by atoms with Crippen molar-refractivity contribution < 1.29 is 0 Å². The second-order valence-corrected chi connectivity index (χ2v) is 14.6. The molecule has 1 aliphatic heterocycles. The molecule has 0 spiro atoms. The van der Waals surface area contributed by atoms with Gasteiger partial charge in [-0.3, -0.25) is 0 Å². The molecule has 0 saturated carbocycles. The van der Waals surface area contributed by atoms with Gasteiger partial charge >= 0.3 is 0 Å². The number of aliphatic imine (C=N–C) groups is 2. The Kier molecular flexibility index (Phi) is 6.04. The highest BCUT2D eigenvalue weighted by Crippen LogP contribution is 2.53.